The summed E-state index contributed by atoms with van der Waals surface area (Å²) in [7, 11) is 0. The van der Waals surface area contributed by atoms with E-state index < -0.39 is 5.60 Å². The molecule has 0 saturated heterocycles. The van der Waals surface area contributed by atoms with Crippen LogP contribution in [0.1, 0.15) is 36.8 Å². The molecule has 0 fully saturated rings. The third-order valence-electron chi connectivity index (χ3n) is 3.85. The summed E-state index contributed by atoms with van der Waals surface area (Å²) >= 11 is 3.24. The van der Waals surface area contributed by atoms with Gasteiger partial charge in [0.05, 0.1) is 10.4 Å². The smallest absolute Gasteiger partial charge is 0.114 e. The van der Waals surface area contributed by atoms with Crippen LogP contribution >= 0.6 is 23.1 Å². The van der Waals surface area contributed by atoms with Gasteiger partial charge in [0.1, 0.15) is 5.60 Å². The van der Waals surface area contributed by atoms with Crippen molar-refractivity contribution in [2.45, 2.75) is 45.1 Å². The second kappa shape index (κ2) is 6.11. The van der Waals surface area contributed by atoms with Gasteiger partial charge in [0, 0.05) is 16.8 Å². The maximum atomic E-state index is 11.3. The molecule has 114 valence electrons. The molecule has 0 saturated carbocycles. The molecule has 2 aromatic rings. The van der Waals surface area contributed by atoms with Crippen molar-refractivity contribution in [3.63, 3.8) is 0 Å². The van der Waals surface area contributed by atoms with Gasteiger partial charge < -0.3 is 5.11 Å². The Morgan fingerprint density at radius 3 is 2.48 bits per heavy atom. The van der Waals surface area contributed by atoms with E-state index in [9.17, 15) is 5.11 Å². The largest absolute Gasteiger partial charge is 0.383 e. The molecule has 1 aromatic heterocycles. The topological polar surface area (TPSA) is 33.1 Å². The fraction of sp³-hybridized carbons (Fsp3) is 0.471. The van der Waals surface area contributed by atoms with E-state index in [1.165, 1.54) is 27.4 Å². The van der Waals surface area contributed by atoms with E-state index in [0.717, 1.165) is 4.88 Å². The van der Waals surface area contributed by atoms with Gasteiger partial charge in [-0.25, -0.2) is 0 Å². The number of aliphatic hydroxyl groups is 1. The Morgan fingerprint density at radius 1 is 1.24 bits per heavy atom. The van der Waals surface area contributed by atoms with Gasteiger partial charge in [0.15, 0.2) is 0 Å². The van der Waals surface area contributed by atoms with Crippen molar-refractivity contribution in [1.29, 1.82) is 0 Å². The molecule has 1 aromatic carbocycles. The highest BCUT2D eigenvalue weighted by Gasteiger charge is 2.42. The summed E-state index contributed by atoms with van der Waals surface area (Å²) in [6.07, 6.45) is 1.79. The van der Waals surface area contributed by atoms with Crippen LogP contribution in [0.5, 0.6) is 0 Å². The molecule has 21 heavy (non-hydrogen) atoms. The highest BCUT2D eigenvalue weighted by molar-refractivity contribution is 7.99. The van der Waals surface area contributed by atoms with Gasteiger partial charge in [-0.1, -0.05) is 38.5 Å². The van der Waals surface area contributed by atoms with Crippen LogP contribution in [0.2, 0.25) is 0 Å². The lowest BCUT2D eigenvalue weighted by molar-refractivity contribution is -0.0392. The van der Waals surface area contributed by atoms with Crippen LogP contribution in [0, 0.1) is 19.3 Å². The van der Waals surface area contributed by atoms with E-state index >= 15 is 0 Å². The number of aromatic nitrogens is 1. The summed E-state index contributed by atoms with van der Waals surface area (Å²) in [6, 6.07) is 6.45. The highest BCUT2D eigenvalue weighted by Crippen LogP contribution is 2.44. The molecule has 1 heterocycles. The van der Waals surface area contributed by atoms with Gasteiger partial charge in [-0.2, -0.15) is 0 Å². The van der Waals surface area contributed by atoms with Gasteiger partial charge in [0.25, 0.3) is 0 Å². The molecule has 0 spiro atoms. The van der Waals surface area contributed by atoms with Crippen molar-refractivity contribution in [2.75, 3.05) is 5.75 Å². The first-order valence-corrected chi connectivity index (χ1v) is 8.92. The quantitative estimate of drug-likeness (QED) is 0.822. The van der Waals surface area contributed by atoms with E-state index in [1.54, 1.807) is 23.5 Å². The molecular weight excluding hydrogens is 298 g/mol. The Labute approximate surface area is 135 Å². The summed E-state index contributed by atoms with van der Waals surface area (Å²) in [5.74, 6) is 0.628. The maximum absolute atomic E-state index is 11.3. The van der Waals surface area contributed by atoms with Gasteiger partial charge in [-0.3, -0.25) is 4.98 Å². The molecule has 0 aliphatic rings. The Balaban J connectivity index is 2.25. The fourth-order valence-electron chi connectivity index (χ4n) is 2.22. The SMILES string of the molecule is Cc1ccc(SCC(O)(c2cncs2)C(C)(C)C)c(C)c1. The minimum atomic E-state index is -0.879. The summed E-state index contributed by atoms with van der Waals surface area (Å²) in [6.45, 7) is 10.5. The predicted molar refractivity (Wildman–Crippen MR) is 92.1 cm³/mol. The second-order valence-corrected chi connectivity index (χ2v) is 8.44. The number of benzene rings is 1. The van der Waals surface area contributed by atoms with Crippen LogP contribution in [0.15, 0.2) is 34.8 Å². The van der Waals surface area contributed by atoms with Crippen molar-refractivity contribution >= 4 is 23.1 Å². The van der Waals surface area contributed by atoms with Crippen molar-refractivity contribution < 1.29 is 5.11 Å². The minimum Gasteiger partial charge on any atom is -0.383 e. The first-order valence-electron chi connectivity index (χ1n) is 7.05. The highest BCUT2D eigenvalue weighted by atomic mass is 32.2. The molecule has 0 amide bonds. The standard InChI is InChI=1S/C17H23NOS2/c1-12-6-7-14(13(2)8-12)20-10-17(19,16(3,4)5)15-9-18-11-21-15/h6-9,11,19H,10H2,1-5H3. The van der Waals surface area contributed by atoms with E-state index in [2.05, 4.69) is 57.8 Å². The molecule has 0 radical (unpaired) electrons. The fourth-order valence-corrected chi connectivity index (χ4v) is 4.65. The third kappa shape index (κ3) is 3.50. The molecule has 1 N–H and O–H groups in total. The molecule has 0 aliphatic carbocycles. The van der Waals surface area contributed by atoms with E-state index in [0.29, 0.717) is 5.75 Å². The van der Waals surface area contributed by atoms with Crippen LogP contribution in [0.25, 0.3) is 0 Å². The number of thiazole rings is 1. The van der Waals surface area contributed by atoms with Crippen LogP contribution < -0.4 is 0 Å². The third-order valence-corrected chi connectivity index (χ3v) is 6.10. The molecule has 4 heteroatoms. The number of thioether (sulfide) groups is 1. The summed E-state index contributed by atoms with van der Waals surface area (Å²) in [4.78, 5) is 6.30. The van der Waals surface area contributed by atoms with Crippen LogP contribution in [0.4, 0.5) is 0 Å². The van der Waals surface area contributed by atoms with Gasteiger partial charge in [0.2, 0.25) is 0 Å². The summed E-state index contributed by atoms with van der Waals surface area (Å²) in [5.41, 5.74) is 3.20. The van der Waals surface area contributed by atoms with Crippen molar-refractivity contribution in [1.82, 2.24) is 4.98 Å². The lowest BCUT2D eigenvalue weighted by Crippen LogP contribution is -2.41. The number of rotatable bonds is 4. The molecule has 2 nitrogen and oxygen atoms in total. The van der Waals surface area contributed by atoms with Crippen molar-refractivity contribution in [3.8, 4) is 0 Å². The average molecular weight is 322 g/mol. The Morgan fingerprint density at radius 2 is 1.95 bits per heavy atom. The van der Waals surface area contributed by atoms with Crippen molar-refractivity contribution in [3.05, 3.63) is 45.9 Å². The molecule has 0 bridgehead atoms. The zero-order valence-corrected chi connectivity index (χ0v) is 14.9. The lowest BCUT2D eigenvalue weighted by atomic mass is 9.77. The van der Waals surface area contributed by atoms with Crippen LogP contribution in [-0.4, -0.2) is 15.8 Å². The van der Waals surface area contributed by atoms with E-state index in [4.69, 9.17) is 0 Å². The molecular formula is C17H23NOS2. The first kappa shape index (κ1) is 16.5. The first-order chi connectivity index (χ1) is 9.74. The Bertz CT molecular complexity index is 602. The van der Waals surface area contributed by atoms with Crippen molar-refractivity contribution in [2.24, 2.45) is 5.41 Å². The van der Waals surface area contributed by atoms with Crippen LogP contribution in [0.3, 0.4) is 0 Å². The number of hydrogen-bond acceptors (Lipinski definition) is 4. The number of aryl methyl sites for hydroxylation is 2. The Hall–Kier alpha value is -0.840. The normalized spacial score (nSPS) is 15.0. The van der Waals surface area contributed by atoms with Gasteiger partial charge in [-0.05, 0) is 30.9 Å². The zero-order chi connectivity index (χ0) is 15.7. The van der Waals surface area contributed by atoms with E-state index in [-0.39, 0.29) is 5.41 Å². The number of nitrogens with zero attached hydrogens (tertiary/aromatic N) is 1. The second-order valence-electron chi connectivity index (χ2n) is 6.53. The zero-order valence-electron chi connectivity index (χ0n) is 13.3. The monoisotopic (exact) mass is 321 g/mol. The summed E-state index contributed by atoms with van der Waals surface area (Å²) in [5, 5.41) is 11.3. The molecule has 0 aliphatic heterocycles. The maximum Gasteiger partial charge on any atom is 0.114 e. The lowest BCUT2D eigenvalue weighted by Gasteiger charge is -2.39. The van der Waals surface area contributed by atoms with Gasteiger partial charge >= 0.3 is 0 Å². The average Bonchev–Trinajstić information content (AvgIpc) is 2.90. The van der Waals surface area contributed by atoms with Gasteiger partial charge in [-0.15, -0.1) is 23.1 Å². The Kier molecular flexibility index (Phi) is 4.81. The molecule has 1 unspecified atom stereocenters. The number of hydrogen-bond donors (Lipinski definition) is 1. The minimum absolute atomic E-state index is 0.245. The van der Waals surface area contributed by atoms with E-state index in [1.807, 2.05) is 0 Å². The van der Waals surface area contributed by atoms with Crippen LogP contribution in [-0.2, 0) is 5.60 Å². The molecule has 2 rings (SSSR count). The predicted octanol–water partition coefficient (Wildman–Crippen LogP) is 4.79. The molecule has 1 atom stereocenters. The summed E-state index contributed by atoms with van der Waals surface area (Å²) < 4.78 is 0.